The summed E-state index contributed by atoms with van der Waals surface area (Å²) in [6.45, 7) is 12.4. The van der Waals surface area contributed by atoms with Crippen molar-refractivity contribution in [3.05, 3.63) is 0 Å². The third kappa shape index (κ3) is 4.00. The maximum atomic E-state index is 5.73. The Morgan fingerprint density at radius 1 is 1.50 bits per heavy atom. The average Bonchev–Trinajstić information content (AvgIpc) is 2.13. The first-order valence-corrected chi connectivity index (χ1v) is 6.30. The van der Waals surface area contributed by atoms with Crippen LogP contribution in [0.2, 0.25) is 0 Å². The summed E-state index contributed by atoms with van der Waals surface area (Å²) in [7, 11) is 0. The second kappa shape index (κ2) is 4.98. The van der Waals surface area contributed by atoms with Gasteiger partial charge in [-0.2, -0.15) is 0 Å². The zero-order valence-electron chi connectivity index (χ0n) is 10.9. The second-order valence-corrected chi connectivity index (χ2v) is 6.32. The van der Waals surface area contributed by atoms with Gasteiger partial charge >= 0.3 is 0 Å². The van der Waals surface area contributed by atoms with E-state index in [2.05, 4.69) is 32.6 Å². The number of hydrogen-bond acceptors (Lipinski definition) is 3. The van der Waals surface area contributed by atoms with Crippen molar-refractivity contribution in [1.82, 2.24) is 4.90 Å². The van der Waals surface area contributed by atoms with E-state index in [-0.39, 0.29) is 11.0 Å². The maximum Gasteiger partial charge on any atom is 0.0784 e. The van der Waals surface area contributed by atoms with Crippen molar-refractivity contribution in [2.75, 3.05) is 26.2 Å². The van der Waals surface area contributed by atoms with Crippen LogP contribution >= 0.6 is 12.2 Å². The van der Waals surface area contributed by atoms with Crippen molar-refractivity contribution in [3.63, 3.8) is 0 Å². The molecule has 0 bridgehead atoms. The van der Waals surface area contributed by atoms with Gasteiger partial charge in [0.2, 0.25) is 0 Å². The first-order chi connectivity index (χ1) is 7.23. The van der Waals surface area contributed by atoms with Gasteiger partial charge in [-0.15, -0.1) is 0 Å². The standard InChI is InChI=1S/C12H24N2OS/c1-11(2,10(13)16)5-6-14-7-8-15-12(3,4)9-14/h5-9H2,1-4H3,(H2,13,16). The van der Waals surface area contributed by atoms with Gasteiger partial charge in [-0.1, -0.05) is 26.1 Å². The van der Waals surface area contributed by atoms with Crippen molar-refractivity contribution < 1.29 is 4.74 Å². The molecule has 0 aromatic heterocycles. The molecule has 2 N–H and O–H groups in total. The molecule has 0 atom stereocenters. The van der Waals surface area contributed by atoms with Gasteiger partial charge in [-0.3, -0.25) is 4.90 Å². The summed E-state index contributed by atoms with van der Waals surface area (Å²) in [6, 6.07) is 0. The van der Waals surface area contributed by atoms with Gasteiger partial charge in [0.05, 0.1) is 17.2 Å². The van der Waals surface area contributed by atoms with Crippen LogP contribution in [0.4, 0.5) is 0 Å². The van der Waals surface area contributed by atoms with Gasteiger partial charge < -0.3 is 10.5 Å². The summed E-state index contributed by atoms with van der Waals surface area (Å²) in [6.07, 6.45) is 1.01. The van der Waals surface area contributed by atoms with Crippen LogP contribution in [-0.2, 0) is 4.74 Å². The zero-order valence-corrected chi connectivity index (χ0v) is 11.7. The molecule has 0 amide bonds. The van der Waals surface area contributed by atoms with Gasteiger partial charge in [0, 0.05) is 18.5 Å². The molecule has 16 heavy (non-hydrogen) atoms. The lowest BCUT2D eigenvalue weighted by Gasteiger charge is -2.39. The Morgan fingerprint density at radius 3 is 2.62 bits per heavy atom. The lowest BCUT2D eigenvalue weighted by molar-refractivity contribution is -0.0869. The minimum absolute atomic E-state index is 0.0222. The topological polar surface area (TPSA) is 38.5 Å². The van der Waals surface area contributed by atoms with E-state index < -0.39 is 0 Å². The first kappa shape index (κ1) is 13.9. The van der Waals surface area contributed by atoms with Crippen LogP contribution in [0.25, 0.3) is 0 Å². The van der Waals surface area contributed by atoms with Crippen molar-refractivity contribution in [1.29, 1.82) is 0 Å². The summed E-state index contributed by atoms with van der Waals surface area (Å²) in [4.78, 5) is 3.05. The third-order valence-electron chi connectivity index (χ3n) is 3.22. The third-order valence-corrected chi connectivity index (χ3v) is 3.78. The highest BCUT2D eigenvalue weighted by Gasteiger charge is 2.29. The van der Waals surface area contributed by atoms with Gasteiger partial charge in [0.15, 0.2) is 0 Å². The molecule has 94 valence electrons. The number of morpholine rings is 1. The number of rotatable bonds is 4. The molecule has 4 heteroatoms. The molecule has 0 aromatic carbocycles. The summed E-state index contributed by atoms with van der Waals surface area (Å²) in [5, 5.41) is 0. The van der Waals surface area contributed by atoms with Crippen molar-refractivity contribution in [2.24, 2.45) is 11.1 Å². The largest absolute Gasteiger partial charge is 0.393 e. The lowest BCUT2D eigenvalue weighted by Crippen LogP contribution is -2.49. The Labute approximate surface area is 104 Å². The highest BCUT2D eigenvalue weighted by atomic mass is 32.1. The molecule has 3 nitrogen and oxygen atoms in total. The molecule has 1 aliphatic rings. The maximum absolute atomic E-state index is 5.73. The van der Waals surface area contributed by atoms with E-state index in [1.54, 1.807) is 0 Å². The number of thiocarbonyl (C=S) groups is 1. The quantitative estimate of drug-likeness (QED) is 0.765. The van der Waals surface area contributed by atoms with Crippen LogP contribution in [0, 0.1) is 5.41 Å². The van der Waals surface area contributed by atoms with E-state index in [4.69, 9.17) is 22.7 Å². The minimum Gasteiger partial charge on any atom is -0.393 e. The summed E-state index contributed by atoms with van der Waals surface area (Å²) < 4.78 is 5.68. The molecule has 0 spiro atoms. The number of nitrogens with zero attached hydrogens (tertiary/aromatic N) is 1. The molecule has 0 radical (unpaired) electrons. The molecular weight excluding hydrogens is 220 g/mol. The van der Waals surface area contributed by atoms with E-state index in [0.29, 0.717) is 4.99 Å². The minimum atomic E-state index is -0.0439. The molecule has 0 aromatic rings. The van der Waals surface area contributed by atoms with E-state index in [1.807, 2.05) is 0 Å². The monoisotopic (exact) mass is 244 g/mol. The second-order valence-electron chi connectivity index (χ2n) is 5.88. The number of ether oxygens (including phenoxy) is 1. The predicted molar refractivity (Wildman–Crippen MR) is 71.7 cm³/mol. The summed E-state index contributed by atoms with van der Waals surface area (Å²) in [5.41, 5.74) is 5.66. The molecule has 1 rings (SSSR count). The van der Waals surface area contributed by atoms with Gasteiger partial charge in [-0.05, 0) is 26.8 Å². The zero-order chi connectivity index (χ0) is 12.4. The van der Waals surface area contributed by atoms with Crippen LogP contribution in [0.15, 0.2) is 0 Å². The highest BCUT2D eigenvalue weighted by molar-refractivity contribution is 7.80. The number of hydrogen-bond donors (Lipinski definition) is 1. The van der Waals surface area contributed by atoms with Gasteiger partial charge in [-0.25, -0.2) is 0 Å². The summed E-state index contributed by atoms with van der Waals surface area (Å²) >= 11 is 5.08. The van der Waals surface area contributed by atoms with E-state index in [0.717, 1.165) is 32.7 Å². The van der Waals surface area contributed by atoms with E-state index in [1.165, 1.54) is 0 Å². The van der Waals surface area contributed by atoms with Crippen molar-refractivity contribution in [2.45, 2.75) is 39.7 Å². The Balaban J connectivity index is 2.41. The van der Waals surface area contributed by atoms with Crippen LogP contribution in [-0.4, -0.2) is 41.7 Å². The molecule has 0 saturated carbocycles. The molecule has 0 aliphatic carbocycles. The number of nitrogens with two attached hydrogens (primary N) is 1. The molecule has 1 heterocycles. The van der Waals surface area contributed by atoms with Gasteiger partial charge in [0.1, 0.15) is 0 Å². The van der Waals surface area contributed by atoms with E-state index >= 15 is 0 Å². The Hall–Kier alpha value is -0.190. The smallest absolute Gasteiger partial charge is 0.0784 e. The fraction of sp³-hybridized carbons (Fsp3) is 0.917. The lowest BCUT2D eigenvalue weighted by atomic mass is 9.89. The first-order valence-electron chi connectivity index (χ1n) is 5.89. The Bertz CT molecular complexity index is 264. The molecule has 0 unspecified atom stereocenters. The summed E-state index contributed by atoms with van der Waals surface area (Å²) in [5.74, 6) is 0. The van der Waals surface area contributed by atoms with E-state index in [9.17, 15) is 0 Å². The molecule has 1 aliphatic heterocycles. The Kier molecular flexibility index (Phi) is 4.32. The molecule has 1 fully saturated rings. The molecule has 1 saturated heterocycles. The normalized spacial score (nSPS) is 22.0. The SMILES string of the molecule is CC1(C)CN(CCC(C)(C)C(N)=S)CCO1. The van der Waals surface area contributed by atoms with Crippen LogP contribution < -0.4 is 5.73 Å². The van der Waals surface area contributed by atoms with Gasteiger partial charge in [0.25, 0.3) is 0 Å². The van der Waals surface area contributed by atoms with Crippen molar-refractivity contribution >= 4 is 17.2 Å². The van der Waals surface area contributed by atoms with Crippen LogP contribution in [0.3, 0.4) is 0 Å². The highest BCUT2D eigenvalue weighted by Crippen LogP contribution is 2.23. The van der Waals surface area contributed by atoms with Crippen LogP contribution in [0.1, 0.15) is 34.1 Å². The predicted octanol–water partition coefficient (Wildman–Crippen LogP) is 1.80. The average molecular weight is 244 g/mol. The fourth-order valence-electron chi connectivity index (χ4n) is 1.87. The fourth-order valence-corrected chi connectivity index (χ4v) is 1.97. The van der Waals surface area contributed by atoms with Crippen molar-refractivity contribution in [3.8, 4) is 0 Å². The Morgan fingerprint density at radius 2 is 2.12 bits per heavy atom. The molecular formula is C12H24N2OS. The van der Waals surface area contributed by atoms with Crippen LogP contribution in [0.5, 0.6) is 0 Å².